The van der Waals surface area contributed by atoms with Crippen molar-refractivity contribution < 1.29 is 9.32 Å². The summed E-state index contributed by atoms with van der Waals surface area (Å²) < 4.78 is 5.30. The molecule has 32 heavy (non-hydrogen) atoms. The molecule has 1 saturated heterocycles. The fourth-order valence-corrected chi connectivity index (χ4v) is 3.87. The molecule has 0 saturated carbocycles. The van der Waals surface area contributed by atoms with E-state index < -0.39 is 0 Å². The van der Waals surface area contributed by atoms with E-state index in [0.29, 0.717) is 42.3 Å². The first-order valence-electron chi connectivity index (χ1n) is 11.7. The lowest BCUT2D eigenvalue weighted by Crippen LogP contribution is -2.50. The van der Waals surface area contributed by atoms with Gasteiger partial charge in [-0.3, -0.25) is 14.8 Å². The number of guanidine groups is 1. The van der Waals surface area contributed by atoms with Crippen LogP contribution in [0.4, 0.5) is 0 Å². The number of rotatable bonds is 9. The highest BCUT2D eigenvalue weighted by molar-refractivity contribution is 5.80. The van der Waals surface area contributed by atoms with Crippen LogP contribution < -0.4 is 10.6 Å². The molecule has 174 valence electrons. The average Bonchev–Trinajstić information content (AvgIpc) is 3.30. The van der Waals surface area contributed by atoms with Gasteiger partial charge in [0.1, 0.15) is 5.69 Å². The van der Waals surface area contributed by atoms with Gasteiger partial charge in [0, 0.05) is 50.8 Å². The highest BCUT2D eigenvalue weighted by Gasteiger charge is 2.26. The van der Waals surface area contributed by atoms with Gasteiger partial charge in [0.05, 0.1) is 0 Å². The van der Waals surface area contributed by atoms with E-state index in [1.54, 1.807) is 6.20 Å². The van der Waals surface area contributed by atoms with Crippen LogP contribution in [0.3, 0.4) is 0 Å². The number of piperidine rings is 1. The van der Waals surface area contributed by atoms with Crippen molar-refractivity contribution in [3.63, 3.8) is 0 Å². The second-order valence-corrected chi connectivity index (χ2v) is 8.00. The molecule has 1 aliphatic rings. The summed E-state index contributed by atoms with van der Waals surface area (Å²) in [6.45, 7) is 9.15. The topological polar surface area (TPSA) is 109 Å². The average molecular weight is 442 g/mol. The predicted octanol–water partition coefficient (Wildman–Crippen LogP) is 2.66. The zero-order valence-corrected chi connectivity index (χ0v) is 19.4. The van der Waals surface area contributed by atoms with Crippen LogP contribution in [0.2, 0.25) is 0 Å². The van der Waals surface area contributed by atoms with Crippen LogP contribution >= 0.6 is 0 Å². The van der Waals surface area contributed by atoms with Crippen LogP contribution in [-0.2, 0) is 11.2 Å². The predicted molar refractivity (Wildman–Crippen MR) is 124 cm³/mol. The largest absolute Gasteiger partial charge is 0.357 e. The maximum absolute atomic E-state index is 12.6. The number of aromatic nitrogens is 3. The molecule has 2 aromatic heterocycles. The van der Waals surface area contributed by atoms with Crippen LogP contribution in [0.15, 0.2) is 33.9 Å². The molecule has 0 spiro atoms. The minimum atomic E-state index is 0.154. The lowest BCUT2D eigenvalue weighted by molar-refractivity contribution is -0.136. The quantitative estimate of drug-likeness (QED) is 0.455. The third kappa shape index (κ3) is 6.51. The Kier molecular flexibility index (Phi) is 9.01. The van der Waals surface area contributed by atoms with Crippen molar-refractivity contribution >= 4 is 11.9 Å². The molecule has 1 fully saturated rings. The van der Waals surface area contributed by atoms with Gasteiger partial charge in [0.15, 0.2) is 11.8 Å². The van der Waals surface area contributed by atoms with Gasteiger partial charge < -0.3 is 20.1 Å². The third-order valence-electron chi connectivity index (χ3n) is 5.78. The van der Waals surface area contributed by atoms with Crippen molar-refractivity contribution in [1.82, 2.24) is 30.7 Å². The van der Waals surface area contributed by atoms with Crippen LogP contribution in [0.1, 0.15) is 52.3 Å². The van der Waals surface area contributed by atoms with Crippen LogP contribution in [0.5, 0.6) is 0 Å². The van der Waals surface area contributed by atoms with E-state index in [1.807, 2.05) is 30.0 Å². The summed E-state index contributed by atoms with van der Waals surface area (Å²) in [4.78, 5) is 27.9. The first kappa shape index (κ1) is 23.7. The molecular weight excluding hydrogens is 406 g/mol. The van der Waals surface area contributed by atoms with E-state index in [2.05, 4.69) is 44.6 Å². The number of nitrogens with one attached hydrogen (secondary N) is 2. The minimum Gasteiger partial charge on any atom is -0.357 e. The Morgan fingerprint density at radius 2 is 2.03 bits per heavy atom. The summed E-state index contributed by atoms with van der Waals surface area (Å²) in [7, 11) is 0. The molecule has 9 heteroatoms. The number of hydrogen-bond acceptors (Lipinski definition) is 6. The number of pyridine rings is 1. The summed E-state index contributed by atoms with van der Waals surface area (Å²) in [6, 6.07) is 5.88. The molecular formula is C23H35N7O2. The summed E-state index contributed by atoms with van der Waals surface area (Å²) in [5.74, 6) is 2.27. The molecule has 3 heterocycles. The molecule has 9 nitrogen and oxygen atoms in total. The van der Waals surface area contributed by atoms with E-state index >= 15 is 0 Å². The number of amides is 1. The van der Waals surface area contributed by atoms with Gasteiger partial charge in [0.2, 0.25) is 5.91 Å². The zero-order chi connectivity index (χ0) is 22.8. The van der Waals surface area contributed by atoms with Gasteiger partial charge in [-0.25, -0.2) is 0 Å². The molecule has 1 aliphatic heterocycles. The summed E-state index contributed by atoms with van der Waals surface area (Å²) in [5, 5.41) is 10.8. The first-order valence-corrected chi connectivity index (χ1v) is 11.7. The number of carbonyl (C=O) groups is 1. The smallest absolute Gasteiger partial charge is 0.276 e. The molecule has 2 aromatic rings. The maximum Gasteiger partial charge on any atom is 0.276 e. The fourth-order valence-electron chi connectivity index (χ4n) is 3.87. The number of hydrogen-bond donors (Lipinski definition) is 2. The SMILES string of the molecule is CCNC(=NCCc1noc(-c2ccccn2)n1)NC1CCN(C(=O)C(CC)CC)CC1. The van der Waals surface area contributed by atoms with Gasteiger partial charge in [0.25, 0.3) is 5.89 Å². The molecule has 0 aromatic carbocycles. The fraction of sp³-hybridized carbons (Fsp3) is 0.609. The first-order chi connectivity index (χ1) is 15.6. The van der Waals surface area contributed by atoms with Crippen molar-refractivity contribution in [3.05, 3.63) is 30.2 Å². The number of carbonyl (C=O) groups excluding carboxylic acids is 1. The Bertz CT molecular complexity index is 856. The van der Waals surface area contributed by atoms with Gasteiger partial charge in [-0.05, 0) is 44.7 Å². The van der Waals surface area contributed by atoms with Crippen molar-refractivity contribution in [2.45, 2.75) is 58.9 Å². The summed E-state index contributed by atoms with van der Waals surface area (Å²) in [6.07, 6.45) is 5.95. The Hall–Kier alpha value is -2.97. The summed E-state index contributed by atoms with van der Waals surface area (Å²) >= 11 is 0. The second-order valence-electron chi connectivity index (χ2n) is 8.00. The van der Waals surface area contributed by atoms with Crippen molar-refractivity contribution in [3.8, 4) is 11.6 Å². The van der Waals surface area contributed by atoms with Crippen molar-refractivity contribution in [2.24, 2.45) is 10.9 Å². The van der Waals surface area contributed by atoms with Gasteiger partial charge >= 0.3 is 0 Å². The Morgan fingerprint density at radius 1 is 1.25 bits per heavy atom. The van der Waals surface area contributed by atoms with E-state index in [1.165, 1.54) is 0 Å². The van der Waals surface area contributed by atoms with Gasteiger partial charge in [-0.2, -0.15) is 4.98 Å². The molecule has 0 bridgehead atoms. The monoisotopic (exact) mass is 441 g/mol. The summed E-state index contributed by atoms with van der Waals surface area (Å²) in [5.41, 5.74) is 0.666. The minimum absolute atomic E-state index is 0.154. The zero-order valence-electron chi connectivity index (χ0n) is 19.4. The number of likely N-dealkylation sites (tertiary alicyclic amines) is 1. The van der Waals surface area contributed by atoms with Gasteiger partial charge in [-0.15, -0.1) is 0 Å². The maximum atomic E-state index is 12.6. The highest BCUT2D eigenvalue weighted by Crippen LogP contribution is 2.17. The molecule has 2 N–H and O–H groups in total. The third-order valence-corrected chi connectivity index (χ3v) is 5.78. The Balaban J connectivity index is 1.48. The van der Waals surface area contributed by atoms with E-state index in [4.69, 9.17) is 4.52 Å². The number of aliphatic imine (C=N–C) groups is 1. The number of nitrogens with zero attached hydrogens (tertiary/aromatic N) is 5. The Morgan fingerprint density at radius 3 is 2.69 bits per heavy atom. The van der Waals surface area contributed by atoms with Crippen LogP contribution in [0, 0.1) is 5.92 Å². The van der Waals surface area contributed by atoms with Crippen molar-refractivity contribution in [2.75, 3.05) is 26.2 Å². The van der Waals surface area contributed by atoms with E-state index in [9.17, 15) is 4.79 Å². The van der Waals surface area contributed by atoms with Crippen LogP contribution in [0.25, 0.3) is 11.6 Å². The van der Waals surface area contributed by atoms with E-state index in [0.717, 1.165) is 51.3 Å². The lowest BCUT2D eigenvalue weighted by atomic mass is 9.98. The Labute approximate surface area is 190 Å². The molecule has 1 amide bonds. The normalized spacial score (nSPS) is 15.2. The van der Waals surface area contributed by atoms with Crippen LogP contribution in [-0.4, -0.2) is 64.1 Å². The van der Waals surface area contributed by atoms with Gasteiger partial charge in [-0.1, -0.05) is 25.1 Å². The standard InChI is InChI=1S/C23H35N7O2/c1-4-17(5-2)22(31)30-15-11-18(12-16-30)27-23(24-6-3)26-14-10-20-28-21(32-29-20)19-9-7-8-13-25-19/h7-9,13,17-18H,4-6,10-12,14-16H2,1-3H3,(H2,24,26,27). The van der Waals surface area contributed by atoms with Crippen molar-refractivity contribution in [1.29, 1.82) is 0 Å². The molecule has 0 radical (unpaired) electrons. The van der Waals surface area contributed by atoms with E-state index in [-0.39, 0.29) is 5.92 Å². The molecule has 0 unspecified atom stereocenters. The molecule has 3 rings (SSSR count). The second kappa shape index (κ2) is 12.2. The highest BCUT2D eigenvalue weighted by atomic mass is 16.5. The lowest BCUT2D eigenvalue weighted by Gasteiger charge is -2.34. The molecule has 0 aliphatic carbocycles. The molecule has 0 atom stereocenters.